The highest BCUT2D eigenvalue weighted by Crippen LogP contribution is 2.18. The van der Waals surface area contributed by atoms with Crippen LogP contribution in [0.3, 0.4) is 0 Å². The topological polar surface area (TPSA) is 54.6 Å². The van der Waals surface area contributed by atoms with Crippen molar-refractivity contribution in [2.24, 2.45) is 0 Å². The first-order valence-corrected chi connectivity index (χ1v) is 7.05. The van der Waals surface area contributed by atoms with Crippen LogP contribution in [0, 0.1) is 0 Å². The average molecular weight is 290 g/mol. The zero-order chi connectivity index (χ0) is 15.1. The van der Waals surface area contributed by atoms with E-state index in [1.807, 2.05) is 24.3 Å². The van der Waals surface area contributed by atoms with Crippen LogP contribution in [0.15, 0.2) is 30.5 Å². The number of rotatable bonds is 9. The number of benzene rings is 1. The number of aromatic nitrogens is 1. The predicted molar refractivity (Wildman–Crippen MR) is 82.8 cm³/mol. The number of H-pyrrole nitrogens is 1. The van der Waals surface area contributed by atoms with E-state index in [-0.39, 0.29) is 5.78 Å². The van der Waals surface area contributed by atoms with Crippen molar-refractivity contribution in [2.45, 2.75) is 0 Å². The summed E-state index contributed by atoms with van der Waals surface area (Å²) in [6, 6.07) is 7.84. The molecule has 1 heterocycles. The number of fused-ring (bicyclic) bond motifs is 1. The van der Waals surface area contributed by atoms with Gasteiger partial charge in [-0.05, 0) is 6.07 Å². The smallest absolute Gasteiger partial charge is 0.178 e. The summed E-state index contributed by atoms with van der Waals surface area (Å²) in [5, 5.41) is 0.973. The Bertz CT molecular complexity index is 572. The Morgan fingerprint density at radius 3 is 2.48 bits per heavy atom. The van der Waals surface area contributed by atoms with E-state index in [2.05, 4.69) is 9.88 Å². The van der Waals surface area contributed by atoms with E-state index in [1.54, 1.807) is 20.4 Å². The Morgan fingerprint density at radius 1 is 1.14 bits per heavy atom. The van der Waals surface area contributed by atoms with Gasteiger partial charge in [-0.2, -0.15) is 0 Å². The number of nitrogens with zero attached hydrogens (tertiary/aromatic N) is 1. The summed E-state index contributed by atoms with van der Waals surface area (Å²) < 4.78 is 10.2. The van der Waals surface area contributed by atoms with Crippen molar-refractivity contribution in [1.82, 2.24) is 9.88 Å². The second-order valence-corrected chi connectivity index (χ2v) is 4.93. The van der Waals surface area contributed by atoms with E-state index in [4.69, 9.17) is 9.47 Å². The fourth-order valence-electron chi connectivity index (χ4n) is 2.30. The van der Waals surface area contributed by atoms with Gasteiger partial charge in [0.1, 0.15) is 0 Å². The third kappa shape index (κ3) is 4.14. The summed E-state index contributed by atoms with van der Waals surface area (Å²) in [6.07, 6.45) is 1.79. The third-order valence-corrected chi connectivity index (χ3v) is 3.48. The SMILES string of the molecule is COCCN(CCOC)CC(=O)c1c[nH]c2ccccc12. The van der Waals surface area contributed by atoms with Crippen LogP contribution >= 0.6 is 0 Å². The van der Waals surface area contributed by atoms with Gasteiger partial charge in [0.25, 0.3) is 0 Å². The van der Waals surface area contributed by atoms with Crippen LogP contribution in [0.2, 0.25) is 0 Å². The van der Waals surface area contributed by atoms with Crippen LogP contribution < -0.4 is 0 Å². The maximum atomic E-state index is 12.5. The van der Waals surface area contributed by atoms with Crippen LogP contribution in [0.25, 0.3) is 10.9 Å². The second-order valence-electron chi connectivity index (χ2n) is 4.93. The van der Waals surface area contributed by atoms with Gasteiger partial charge in [0, 0.05) is 50.0 Å². The first kappa shape index (κ1) is 15.7. The minimum absolute atomic E-state index is 0.111. The number of para-hydroxylation sites is 1. The van der Waals surface area contributed by atoms with Crippen LogP contribution in [0.5, 0.6) is 0 Å². The molecule has 0 saturated heterocycles. The van der Waals surface area contributed by atoms with Gasteiger partial charge in [0.15, 0.2) is 5.78 Å². The van der Waals surface area contributed by atoms with E-state index in [1.165, 1.54) is 0 Å². The quantitative estimate of drug-likeness (QED) is 0.717. The minimum atomic E-state index is 0.111. The standard InChI is InChI=1S/C16H22N2O3/c1-20-9-7-18(8-10-21-2)12-16(19)14-11-17-15-6-4-3-5-13(14)15/h3-6,11,17H,7-10,12H2,1-2H3. The molecular formula is C16H22N2O3. The molecule has 114 valence electrons. The van der Waals surface area contributed by atoms with Crippen LogP contribution in [0.4, 0.5) is 0 Å². The number of nitrogens with one attached hydrogen (secondary N) is 1. The maximum Gasteiger partial charge on any atom is 0.178 e. The van der Waals surface area contributed by atoms with Gasteiger partial charge in [0.2, 0.25) is 0 Å². The lowest BCUT2D eigenvalue weighted by atomic mass is 10.1. The molecule has 2 rings (SSSR count). The Morgan fingerprint density at radius 2 is 1.81 bits per heavy atom. The molecule has 0 spiro atoms. The number of Topliss-reactive ketones (excluding diaryl/α,β-unsaturated/α-hetero) is 1. The molecule has 1 N–H and O–H groups in total. The Labute approximate surface area is 124 Å². The molecule has 0 fully saturated rings. The number of ketones is 1. The number of hydrogen-bond acceptors (Lipinski definition) is 4. The number of carbonyl (C=O) groups excluding carboxylic acids is 1. The van der Waals surface area contributed by atoms with Gasteiger partial charge in [-0.25, -0.2) is 0 Å². The van der Waals surface area contributed by atoms with E-state index in [0.717, 1.165) is 16.5 Å². The summed E-state index contributed by atoms with van der Waals surface area (Å²) >= 11 is 0. The number of ether oxygens (including phenoxy) is 2. The van der Waals surface area contributed by atoms with E-state index in [0.29, 0.717) is 32.8 Å². The van der Waals surface area contributed by atoms with Crippen molar-refractivity contribution in [2.75, 3.05) is 47.1 Å². The summed E-state index contributed by atoms with van der Waals surface area (Å²) in [5.41, 5.74) is 1.73. The largest absolute Gasteiger partial charge is 0.383 e. The molecular weight excluding hydrogens is 268 g/mol. The van der Waals surface area contributed by atoms with E-state index in [9.17, 15) is 4.79 Å². The lowest BCUT2D eigenvalue weighted by Crippen LogP contribution is -2.35. The first-order valence-electron chi connectivity index (χ1n) is 7.05. The monoisotopic (exact) mass is 290 g/mol. The van der Waals surface area contributed by atoms with Gasteiger partial charge in [-0.15, -0.1) is 0 Å². The zero-order valence-corrected chi connectivity index (χ0v) is 12.6. The maximum absolute atomic E-state index is 12.5. The number of aromatic amines is 1. The molecule has 0 aliphatic heterocycles. The normalized spacial score (nSPS) is 11.4. The Kier molecular flexibility index (Phi) is 5.92. The number of hydrogen-bond donors (Lipinski definition) is 1. The van der Waals surface area contributed by atoms with E-state index >= 15 is 0 Å². The molecule has 0 saturated carbocycles. The molecule has 0 amide bonds. The number of methoxy groups -OCH3 is 2. The summed E-state index contributed by atoms with van der Waals surface area (Å²) in [5.74, 6) is 0.111. The molecule has 0 radical (unpaired) electrons. The fourth-order valence-corrected chi connectivity index (χ4v) is 2.30. The van der Waals surface area contributed by atoms with Crippen LogP contribution in [0.1, 0.15) is 10.4 Å². The van der Waals surface area contributed by atoms with Gasteiger partial charge >= 0.3 is 0 Å². The molecule has 2 aromatic rings. The van der Waals surface area contributed by atoms with Crippen molar-refractivity contribution in [1.29, 1.82) is 0 Å². The van der Waals surface area contributed by atoms with Crippen LogP contribution in [-0.4, -0.2) is 62.7 Å². The molecule has 0 aliphatic carbocycles. The minimum Gasteiger partial charge on any atom is -0.383 e. The Hall–Kier alpha value is -1.69. The predicted octanol–water partition coefficient (Wildman–Crippen LogP) is 1.95. The third-order valence-electron chi connectivity index (χ3n) is 3.48. The van der Waals surface area contributed by atoms with Gasteiger partial charge in [-0.1, -0.05) is 18.2 Å². The van der Waals surface area contributed by atoms with Crippen molar-refractivity contribution >= 4 is 16.7 Å². The van der Waals surface area contributed by atoms with Gasteiger partial charge in [-0.3, -0.25) is 9.69 Å². The highest BCUT2D eigenvalue weighted by atomic mass is 16.5. The van der Waals surface area contributed by atoms with Crippen molar-refractivity contribution in [3.63, 3.8) is 0 Å². The average Bonchev–Trinajstić information content (AvgIpc) is 2.94. The molecule has 1 aromatic carbocycles. The van der Waals surface area contributed by atoms with Gasteiger partial charge < -0.3 is 14.5 Å². The van der Waals surface area contributed by atoms with E-state index < -0.39 is 0 Å². The molecule has 21 heavy (non-hydrogen) atoms. The molecule has 0 aliphatic rings. The Balaban J connectivity index is 2.06. The lowest BCUT2D eigenvalue weighted by Gasteiger charge is -2.20. The van der Waals surface area contributed by atoms with Crippen molar-refractivity contribution in [3.8, 4) is 0 Å². The van der Waals surface area contributed by atoms with Gasteiger partial charge in [0.05, 0.1) is 19.8 Å². The fraction of sp³-hybridized carbons (Fsp3) is 0.438. The molecule has 1 aromatic heterocycles. The molecule has 5 heteroatoms. The molecule has 0 unspecified atom stereocenters. The second kappa shape index (κ2) is 7.93. The highest BCUT2D eigenvalue weighted by molar-refractivity contribution is 6.08. The highest BCUT2D eigenvalue weighted by Gasteiger charge is 2.15. The van der Waals surface area contributed by atoms with Crippen molar-refractivity contribution < 1.29 is 14.3 Å². The number of carbonyl (C=O) groups is 1. The summed E-state index contributed by atoms with van der Waals surface area (Å²) in [7, 11) is 3.33. The van der Waals surface area contributed by atoms with Crippen LogP contribution in [-0.2, 0) is 9.47 Å². The molecule has 0 bridgehead atoms. The summed E-state index contributed by atoms with van der Waals surface area (Å²) in [6.45, 7) is 3.01. The zero-order valence-electron chi connectivity index (χ0n) is 12.6. The summed E-state index contributed by atoms with van der Waals surface area (Å²) in [4.78, 5) is 17.7. The molecule has 5 nitrogen and oxygen atoms in total. The van der Waals surface area contributed by atoms with Crippen molar-refractivity contribution in [3.05, 3.63) is 36.0 Å². The lowest BCUT2D eigenvalue weighted by molar-refractivity contribution is 0.0838. The first-order chi connectivity index (χ1) is 10.3. The molecule has 0 atom stereocenters.